The molecule has 1 saturated heterocycles. The number of hydrogen-bond acceptors (Lipinski definition) is 4. The number of carbonyl (C=O) groups is 1. The third kappa shape index (κ3) is 3.69. The van der Waals surface area contributed by atoms with Crippen LogP contribution >= 0.6 is 0 Å². The second-order valence-corrected chi connectivity index (χ2v) is 8.12. The smallest absolute Gasteiger partial charge is 0.225 e. The molecular formula is C23H28N4O. The molecule has 2 aromatic rings. The molecule has 0 atom stereocenters. The maximum absolute atomic E-state index is 12.9. The minimum Gasteiger partial charge on any atom is -0.354 e. The molecule has 5 nitrogen and oxygen atoms in total. The average molecular weight is 377 g/mol. The molecule has 0 spiro atoms. The highest BCUT2D eigenvalue weighted by molar-refractivity contribution is 5.85. The van der Waals surface area contributed by atoms with Gasteiger partial charge in [-0.2, -0.15) is 5.26 Å². The quantitative estimate of drug-likeness (QED) is 0.794. The van der Waals surface area contributed by atoms with E-state index in [0.29, 0.717) is 18.0 Å². The lowest BCUT2D eigenvalue weighted by molar-refractivity contribution is -0.136. The zero-order chi connectivity index (χ0) is 19.5. The van der Waals surface area contributed by atoms with Crippen molar-refractivity contribution in [1.82, 2.24) is 9.88 Å². The van der Waals surface area contributed by atoms with Crippen LogP contribution < -0.4 is 4.90 Å². The molecule has 0 N–H and O–H groups in total. The van der Waals surface area contributed by atoms with Crippen LogP contribution in [-0.2, 0) is 4.79 Å². The largest absolute Gasteiger partial charge is 0.354 e. The summed E-state index contributed by atoms with van der Waals surface area (Å²) in [6.45, 7) is 5.14. The predicted molar refractivity (Wildman–Crippen MR) is 111 cm³/mol. The number of nitriles is 1. The summed E-state index contributed by atoms with van der Waals surface area (Å²) in [7, 11) is 0. The molecule has 1 aromatic heterocycles. The van der Waals surface area contributed by atoms with E-state index < -0.39 is 0 Å². The summed E-state index contributed by atoms with van der Waals surface area (Å²) in [5.74, 6) is 1.32. The molecule has 5 heteroatoms. The van der Waals surface area contributed by atoms with E-state index in [9.17, 15) is 10.1 Å². The van der Waals surface area contributed by atoms with E-state index in [2.05, 4.69) is 24.0 Å². The molecule has 1 aliphatic heterocycles. The third-order valence-corrected chi connectivity index (χ3v) is 6.21. The number of carbonyl (C=O) groups excluding carboxylic acids is 1. The first-order valence-corrected chi connectivity index (χ1v) is 10.5. The Labute approximate surface area is 167 Å². The van der Waals surface area contributed by atoms with Crippen molar-refractivity contribution in [3.63, 3.8) is 0 Å². The summed E-state index contributed by atoms with van der Waals surface area (Å²) in [5, 5.41) is 10.7. The molecule has 28 heavy (non-hydrogen) atoms. The lowest BCUT2D eigenvalue weighted by Gasteiger charge is -2.28. The van der Waals surface area contributed by atoms with Gasteiger partial charge < -0.3 is 9.80 Å². The number of para-hydroxylation sites is 1. The van der Waals surface area contributed by atoms with Crippen molar-refractivity contribution in [2.45, 2.75) is 45.4 Å². The average Bonchev–Trinajstić information content (AvgIpc) is 2.99. The van der Waals surface area contributed by atoms with Crippen molar-refractivity contribution in [3.8, 4) is 6.07 Å². The van der Waals surface area contributed by atoms with Crippen LogP contribution in [-0.4, -0.2) is 42.0 Å². The van der Waals surface area contributed by atoms with Crippen molar-refractivity contribution in [2.75, 3.05) is 31.1 Å². The number of anilines is 1. The molecular weight excluding hydrogens is 348 g/mol. The van der Waals surface area contributed by atoms with E-state index in [1.165, 1.54) is 19.3 Å². The van der Waals surface area contributed by atoms with E-state index in [1.807, 2.05) is 23.1 Å². The summed E-state index contributed by atoms with van der Waals surface area (Å²) in [6, 6.07) is 10.3. The maximum Gasteiger partial charge on any atom is 0.225 e. The van der Waals surface area contributed by atoms with Gasteiger partial charge in [0.25, 0.3) is 0 Å². The minimum absolute atomic E-state index is 0.219. The van der Waals surface area contributed by atoms with Gasteiger partial charge in [-0.1, -0.05) is 37.5 Å². The van der Waals surface area contributed by atoms with Crippen molar-refractivity contribution < 1.29 is 4.79 Å². The van der Waals surface area contributed by atoms with Crippen molar-refractivity contribution in [3.05, 3.63) is 35.4 Å². The fourth-order valence-electron chi connectivity index (χ4n) is 4.62. The fraction of sp³-hybridized carbons (Fsp3) is 0.522. The molecule has 2 heterocycles. The lowest BCUT2D eigenvalue weighted by Crippen LogP contribution is -2.39. The Morgan fingerprint density at radius 2 is 1.93 bits per heavy atom. The Morgan fingerprint density at radius 1 is 1.11 bits per heavy atom. The van der Waals surface area contributed by atoms with E-state index in [-0.39, 0.29) is 5.92 Å². The number of fused-ring (bicyclic) bond motifs is 1. The molecule has 1 aromatic carbocycles. The standard InChI is InChI=1S/C23H28N4O/c1-17-7-5-10-19-15-20(16-24)22(25-21(17)19)26-11-6-12-27(14-13-26)23(28)18-8-3-2-4-9-18/h5,7,10,15,18H,2-4,6,8-9,11-14H2,1H3. The lowest BCUT2D eigenvalue weighted by atomic mass is 9.88. The summed E-state index contributed by atoms with van der Waals surface area (Å²) in [6.07, 6.45) is 6.63. The van der Waals surface area contributed by atoms with Gasteiger partial charge in [-0.3, -0.25) is 4.79 Å². The Morgan fingerprint density at radius 3 is 2.71 bits per heavy atom. The first-order chi connectivity index (χ1) is 13.7. The van der Waals surface area contributed by atoms with E-state index in [0.717, 1.165) is 61.2 Å². The number of benzene rings is 1. The number of rotatable bonds is 2. The van der Waals surface area contributed by atoms with Crippen LogP contribution in [0, 0.1) is 24.2 Å². The van der Waals surface area contributed by atoms with Gasteiger partial charge in [-0.05, 0) is 37.8 Å². The van der Waals surface area contributed by atoms with Crippen LogP contribution in [0.25, 0.3) is 10.9 Å². The highest BCUT2D eigenvalue weighted by Gasteiger charge is 2.28. The van der Waals surface area contributed by atoms with Gasteiger partial charge in [0, 0.05) is 37.5 Å². The van der Waals surface area contributed by atoms with Gasteiger partial charge in [-0.25, -0.2) is 4.98 Å². The predicted octanol–water partition coefficient (Wildman–Crippen LogP) is 4.03. The first-order valence-electron chi connectivity index (χ1n) is 10.5. The van der Waals surface area contributed by atoms with Crippen LogP contribution in [0.3, 0.4) is 0 Å². The molecule has 2 fully saturated rings. The van der Waals surface area contributed by atoms with Gasteiger partial charge in [0.05, 0.1) is 11.1 Å². The van der Waals surface area contributed by atoms with Gasteiger partial charge in [0.1, 0.15) is 11.9 Å². The minimum atomic E-state index is 0.219. The number of aryl methyl sites for hydroxylation is 1. The Bertz CT molecular complexity index is 911. The van der Waals surface area contributed by atoms with Gasteiger partial charge in [0.2, 0.25) is 5.91 Å². The topological polar surface area (TPSA) is 60.2 Å². The number of pyridine rings is 1. The first kappa shape index (κ1) is 18.7. The second kappa shape index (κ2) is 8.18. The second-order valence-electron chi connectivity index (χ2n) is 8.12. The number of nitrogens with zero attached hydrogens (tertiary/aromatic N) is 4. The van der Waals surface area contributed by atoms with Crippen LogP contribution in [0.5, 0.6) is 0 Å². The maximum atomic E-state index is 12.9. The fourth-order valence-corrected chi connectivity index (χ4v) is 4.62. The SMILES string of the molecule is Cc1cccc2cc(C#N)c(N3CCCN(C(=O)C4CCCCC4)CC3)nc12. The monoisotopic (exact) mass is 376 g/mol. The van der Waals surface area contributed by atoms with Gasteiger partial charge >= 0.3 is 0 Å². The summed E-state index contributed by atoms with van der Waals surface area (Å²) in [5.41, 5.74) is 2.69. The van der Waals surface area contributed by atoms with Crippen LogP contribution in [0.4, 0.5) is 5.82 Å². The molecule has 1 saturated carbocycles. The highest BCUT2D eigenvalue weighted by Crippen LogP contribution is 2.28. The molecule has 1 amide bonds. The number of aromatic nitrogens is 1. The molecule has 146 valence electrons. The highest BCUT2D eigenvalue weighted by atomic mass is 16.2. The van der Waals surface area contributed by atoms with E-state index in [1.54, 1.807) is 0 Å². The molecule has 0 bridgehead atoms. The molecule has 0 unspecified atom stereocenters. The van der Waals surface area contributed by atoms with E-state index in [4.69, 9.17) is 4.98 Å². The number of amides is 1. The summed E-state index contributed by atoms with van der Waals surface area (Å²) in [4.78, 5) is 22.0. The van der Waals surface area contributed by atoms with Crippen molar-refractivity contribution >= 4 is 22.6 Å². The van der Waals surface area contributed by atoms with Crippen LogP contribution in [0.15, 0.2) is 24.3 Å². The number of hydrogen-bond donors (Lipinski definition) is 0. The molecule has 1 aliphatic carbocycles. The zero-order valence-corrected chi connectivity index (χ0v) is 16.7. The molecule has 2 aliphatic rings. The Balaban J connectivity index is 1.55. The summed E-state index contributed by atoms with van der Waals surface area (Å²) < 4.78 is 0. The Kier molecular flexibility index (Phi) is 5.47. The molecule has 0 radical (unpaired) electrons. The van der Waals surface area contributed by atoms with E-state index >= 15 is 0 Å². The van der Waals surface area contributed by atoms with Crippen molar-refractivity contribution in [1.29, 1.82) is 5.26 Å². The summed E-state index contributed by atoms with van der Waals surface area (Å²) >= 11 is 0. The van der Waals surface area contributed by atoms with Gasteiger partial charge in [-0.15, -0.1) is 0 Å². The molecule has 4 rings (SSSR count). The normalized spacial score (nSPS) is 18.7. The van der Waals surface area contributed by atoms with Crippen molar-refractivity contribution in [2.24, 2.45) is 5.92 Å². The van der Waals surface area contributed by atoms with Crippen LogP contribution in [0.2, 0.25) is 0 Å². The Hall–Kier alpha value is -2.61. The zero-order valence-electron chi connectivity index (χ0n) is 16.7. The van der Waals surface area contributed by atoms with Gasteiger partial charge in [0.15, 0.2) is 0 Å². The third-order valence-electron chi connectivity index (χ3n) is 6.21. The van der Waals surface area contributed by atoms with Crippen LogP contribution in [0.1, 0.15) is 49.7 Å².